The number of hydrogen-bond donors (Lipinski definition) is 1. The molecule has 66 valence electrons. The summed E-state index contributed by atoms with van der Waals surface area (Å²) in [5, 5.41) is 8.85. The molecule has 1 unspecified atom stereocenters. The summed E-state index contributed by atoms with van der Waals surface area (Å²) >= 11 is 0. The van der Waals surface area contributed by atoms with E-state index in [1.54, 1.807) is 0 Å². The summed E-state index contributed by atoms with van der Waals surface area (Å²) in [6.45, 7) is 1.53. The van der Waals surface area contributed by atoms with Gasteiger partial charge in [0.15, 0.2) is 0 Å². The lowest BCUT2D eigenvalue weighted by atomic mass is 10.3. The Balaban J connectivity index is 2.16. The summed E-state index contributed by atoms with van der Waals surface area (Å²) in [6.07, 6.45) is 5.27. The minimum Gasteiger partial charge on any atom is -0.465 e. The van der Waals surface area contributed by atoms with Crippen molar-refractivity contribution in [3.8, 4) is 0 Å². The van der Waals surface area contributed by atoms with E-state index in [4.69, 9.17) is 5.11 Å². The van der Waals surface area contributed by atoms with E-state index >= 15 is 0 Å². The molecule has 0 aromatic carbocycles. The molecule has 1 amide bonds. The van der Waals surface area contributed by atoms with Crippen LogP contribution in [0.1, 0.15) is 12.8 Å². The molecule has 12 heavy (non-hydrogen) atoms. The van der Waals surface area contributed by atoms with Gasteiger partial charge in [0.25, 0.3) is 0 Å². The standard InChI is InChI=1S/C8H12N2O2/c11-8(12)10-6-2-5-9-4-1-3-7(9)10/h2,5,7H,1,3-4,6H2,(H,11,12). The fourth-order valence-corrected chi connectivity index (χ4v) is 1.90. The minimum absolute atomic E-state index is 0.104. The molecule has 4 heteroatoms. The highest BCUT2D eigenvalue weighted by molar-refractivity contribution is 5.65. The number of carboxylic acid groups (broad SMARTS) is 1. The third kappa shape index (κ3) is 1.03. The third-order valence-corrected chi connectivity index (χ3v) is 2.47. The van der Waals surface area contributed by atoms with E-state index in [1.165, 1.54) is 4.90 Å². The van der Waals surface area contributed by atoms with Crippen LogP contribution in [0.2, 0.25) is 0 Å². The Morgan fingerprint density at radius 3 is 3.17 bits per heavy atom. The van der Waals surface area contributed by atoms with Gasteiger partial charge in [0.2, 0.25) is 0 Å². The number of rotatable bonds is 0. The number of nitrogens with zero attached hydrogens (tertiary/aromatic N) is 2. The maximum absolute atomic E-state index is 10.8. The van der Waals surface area contributed by atoms with Crippen molar-refractivity contribution < 1.29 is 9.90 Å². The third-order valence-electron chi connectivity index (χ3n) is 2.47. The number of fused-ring (bicyclic) bond motifs is 1. The van der Waals surface area contributed by atoms with E-state index < -0.39 is 6.09 Å². The van der Waals surface area contributed by atoms with Crippen LogP contribution in [0.15, 0.2) is 12.3 Å². The first-order chi connectivity index (χ1) is 5.79. The number of hydrogen-bond acceptors (Lipinski definition) is 2. The zero-order chi connectivity index (χ0) is 8.55. The normalized spacial score (nSPS) is 27.5. The van der Waals surface area contributed by atoms with Crippen molar-refractivity contribution >= 4 is 6.09 Å². The van der Waals surface area contributed by atoms with Crippen molar-refractivity contribution in [2.75, 3.05) is 13.1 Å². The quantitative estimate of drug-likeness (QED) is 0.584. The van der Waals surface area contributed by atoms with Crippen LogP contribution in [0.4, 0.5) is 4.79 Å². The molecular formula is C8H12N2O2. The van der Waals surface area contributed by atoms with Gasteiger partial charge in [-0.15, -0.1) is 0 Å². The van der Waals surface area contributed by atoms with Crippen LogP contribution >= 0.6 is 0 Å². The van der Waals surface area contributed by atoms with Gasteiger partial charge in [0, 0.05) is 13.1 Å². The molecule has 1 fully saturated rings. The van der Waals surface area contributed by atoms with Crippen molar-refractivity contribution in [1.82, 2.24) is 9.80 Å². The Bertz CT molecular complexity index is 227. The van der Waals surface area contributed by atoms with Crippen LogP contribution in [0, 0.1) is 0 Å². The van der Waals surface area contributed by atoms with Gasteiger partial charge < -0.3 is 10.0 Å². The SMILES string of the molecule is O=C(O)N1CC=CN2CCCC21. The van der Waals surface area contributed by atoms with Gasteiger partial charge in [-0.3, -0.25) is 4.90 Å². The molecule has 1 N–H and O–H groups in total. The topological polar surface area (TPSA) is 43.8 Å². The molecule has 0 aromatic heterocycles. The van der Waals surface area contributed by atoms with Crippen LogP contribution in [0.5, 0.6) is 0 Å². The maximum atomic E-state index is 10.8. The van der Waals surface area contributed by atoms with Gasteiger partial charge in [-0.1, -0.05) is 0 Å². The molecule has 0 radical (unpaired) electrons. The molecule has 1 saturated heterocycles. The molecule has 2 rings (SSSR count). The van der Waals surface area contributed by atoms with Crippen molar-refractivity contribution in [3.05, 3.63) is 12.3 Å². The van der Waals surface area contributed by atoms with E-state index in [9.17, 15) is 4.79 Å². The second-order valence-electron chi connectivity index (χ2n) is 3.18. The Labute approximate surface area is 71.1 Å². The molecule has 0 aliphatic carbocycles. The molecule has 2 heterocycles. The van der Waals surface area contributed by atoms with Gasteiger partial charge >= 0.3 is 6.09 Å². The zero-order valence-corrected chi connectivity index (χ0v) is 6.81. The van der Waals surface area contributed by atoms with Crippen LogP contribution in [0.25, 0.3) is 0 Å². The van der Waals surface area contributed by atoms with Gasteiger partial charge in [-0.2, -0.15) is 0 Å². The lowest BCUT2D eigenvalue weighted by Crippen LogP contribution is -2.47. The summed E-state index contributed by atoms with van der Waals surface area (Å²) in [5.74, 6) is 0. The van der Waals surface area contributed by atoms with E-state index in [-0.39, 0.29) is 6.17 Å². The van der Waals surface area contributed by atoms with Crippen LogP contribution in [-0.4, -0.2) is 40.3 Å². The fraction of sp³-hybridized carbons (Fsp3) is 0.625. The summed E-state index contributed by atoms with van der Waals surface area (Å²) < 4.78 is 0. The maximum Gasteiger partial charge on any atom is 0.409 e. The van der Waals surface area contributed by atoms with E-state index in [2.05, 4.69) is 4.90 Å². The highest BCUT2D eigenvalue weighted by Gasteiger charge is 2.32. The Kier molecular flexibility index (Phi) is 1.67. The van der Waals surface area contributed by atoms with Crippen molar-refractivity contribution in [2.24, 2.45) is 0 Å². The number of carbonyl (C=O) groups is 1. The molecule has 0 bridgehead atoms. The highest BCUT2D eigenvalue weighted by atomic mass is 16.4. The van der Waals surface area contributed by atoms with Gasteiger partial charge in [0.05, 0.1) is 0 Å². The second kappa shape index (κ2) is 2.69. The molecule has 4 nitrogen and oxygen atoms in total. The molecule has 2 aliphatic heterocycles. The zero-order valence-electron chi connectivity index (χ0n) is 6.81. The van der Waals surface area contributed by atoms with E-state index in [0.717, 1.165) is 19.4 Å². The Morgan fingerprint density at radius 1 is 1.58 bits per heavy atom. The molecule has 1 atom stereocenters. The van der Waals surface area contributed by atoms with Crippen LogP contribution in [0.3, 0.4) is 0 Å². The minimum atomic E-state index is -0.809. The summed E-state index contributed by atoms with van der Waals surface area (Å²) in [5.41, 5.74) is 0. The average molecular weight is 168 g/mol. The first-order valence-electron chi connectivity index (χ1n) is 4.21. The smallest absolute Gasteiger partial charge is 0.409 e. The first kappa shape index (κ1) is 7.46. The fourth-order valence-electron chi connectivity index (χ4n) is 1.90. The molecule has 0 saturated carbocycles. The van der Waals surface area contributed by atoms with Gasteiger partial charge in [-0.05, 0) is 25.1 Å². The van der Waals surface area contributed by atoms with Gasteiger partial charge in [-0.25, -0.2) is 4.79 Å². The summed E-state index contributed by atoms with van der Waals surface area (Å²) in [6, 6.07) is 0. The van der Waals surface area contributed by atoms with Crippen molar-refractivity contribution in [1.29, 1.82) is 0 Å². The lowest BCUT2D eigenvalue weighted by molar-refractivity contribution is 0.0867. The monoisotopic (exact) mass is 168 g/mol. The summed E-state index contributed by atoms with van der Waals surface area (Å²) in [4.78, 5) is 14.4. The van der Waals surface area contributed by atoms with Crippen LogP contribution in [-0.2, 0) is 0 Å². The second-order valence-corrected chi connectivity index (χ2v) is 3.18. The number of amides is 1. The van der Waals surface area contributed by atoms with Crippen molar-refractivity contribution in [2.45, 2.75) is 19.0 Å². The lowest BCUT2D eigenvalue weighted by Gasteiger charge is -2.35. The molecular weight excluding hydrogens is 156 g/mol. The van der Waals surface area contributed by atoms with E-state index in [1.807, 2.05) is 12.3 Å². The Morgan fingerprint density at radius 2 is 2.42 bits per heavy atom. The predicted molar refractivity (Wildman–Crippen MR) is 43.6 cm³/mol. The van der Waals surface area contributed by atoms with Gasteiger partial charge in [0.1, 0.15) is 6.17 Å². The van der Waals surface area contributed by atoms with Crippen molar-refractivity contribution in [3.63, 3.8) is 0 Å². The van der Waals surface area contributed by atoms with Crippen LogP contribution < -0.4 is 0 Å². The largest absolute Gasteiger partial charge is 0.465 e. The van der Waals surface area contributed by atoms with E-state index in [0.29, 0.717) is 6.54 Å². The predicted octanol–water partition coefficient (Wildman–Crippen LogP) is 0.916. The first-order valence-corrected chi connectivity index (χ1v) is 4.21. The molecule has 2 aliphatic rings. The molecule has 0 spiro atoms. The Hall–Kier alpha value is -1.19. The average Bonchev–Trinajstić information content (AvgIpc) is 2.49. The molecule has 0 aromatic rings. The highest BCUT2D eigenvalue weighted by Crippen LogP contribution is 2.23. The summed E-state index contributed by atoms with van der Waals surface area (Å²) in [7, 11) is 0.